The first kappa shape index (κ1) is 20.9. The summed E-state index contributed by atoms with van der Waals surface area (Å²) in [6.45, 7) is 8.12. The van der Waals surface area contributed by atoms with Gasteiger partial charge in [0.05, 0.1) is 5.75 Å². The molecular formula is C21H24FN5OS. The first-order chi connectivity index (χ1) is 13.6. The number of aryl methyl sites for hydroxylation is 1. The number of thioether (sulfide) groups is 1. The maximum absolute atomic E-state index is 13.6. The molecule has 1 amide bonds. The van der Waals surface area contributed by atoms with Gasteiger partial charge in [-0.1, -0.05) is 62.9 Å². The lowest BCUT2D eigenvalue weighted by molar-refractivity contribution is -0.113. The van der Waals surface area contributed by atoms with E-state index >= 15 is 0 Å². The molecule has 0 aliphatic carbocycles. The molecule has 0 spiro atoms. The summed E-state index contributed by atoms with van der Waals surface area (Å²) in [6.07, 6.45) is 0. The molecule has 0 aliphatic rings. The molecule has 1 heterocycles. The van der Waals surface area contributed by atoms with Gasteiger partial charge >= 0.3 is 0 Å². The van der Waals surface area contributed by atoms with E-state index in [9.17, 15) is 9.18 Å². The summed E-state index contributed by atoms with van der Waals surface area (Å²) >= 11 is 1.16. The van der Waals surface area contributed by atoms with Gasteiger partial charge in [0.2, 0.25) is 11.1 Å². The van der Waals surface area contributed by atoms with E-state index in [0.717, 1.165) is 17.3 Å². The second kappa shape index (κ2) is 8.24. The number of carbonyl (C=O) groups is 1. The Balaban J connectivity index is 1.65. The topological polar surface area (TPSA) is 85.8 Å². The summed E-state index contributed by atoms with van der Waals surface area (Å²) in [5.41, 5.74) is 3.05. The lowest BCUT2D eigenvalue weighted by Crippen LogP contribution is -2.16. The standard InChI is InChI=1S/C21H24FN5OS/c1-13-5-10-16(11-17(13)22)24-18(28)12-29-20-26-25-19(27(20)23)14-6-8-15(9-7-14)21(2,3)4/h5-11H,12,23H2,1-4H3,(H,24,28). The fourth-order valence-electron chi connectivity index (χ4n) is 2.69. The van der Waals surface area contributed by atoms with E-state index in [2.05, 4.69) is 36.3 Å². The molecular weight excluding hydrogens is 389 g/mol. The molecule has 8 heteroatoms. The van der Waals surface area contributed by atoms with Crippen LogP contribution in [0, 0.1) is 12.7 Å². The molecule has 0 aliphatic heterocycles. The van der Waals surface area contributed by atoms with Gasteiger partial charge in [0, 0.05) is 11.3 Å². The summed E-state index contributed by atoms with van der Waals surface area (Å²) in [7, 11) is 0. The Morgan fingerprint density at radius 3 is 2.48 bits per heavy atom. The van der Waals surface area contributed by atoms with Crippen molar-refractivity contribution in [2.45, 2.75) is 38.3 Å². The monoisotopic (exact) mass is 413 g/mol. The van der Waals surface area contributed by atoms with Gasteiger partial charge in [-0.3, -0.25) is 4.79 Å². The van der Waals surface area contributed by atoms with E-state index in [1.165, 1.54) is 16.3 Å². The Bertz CT molecular complexity index is 1020. The van der Waals surface area contributed by atoms with Crippen molar-refractivity contribution in [3.63, 3.8) is 0 Å². The highest BCUT2D eigenvalue weighted by molar-refractivity contribution is 7.99. The molecule has 2 aromatic carbocycles. The zero-order chi connectivity index (χ0) is 21.2. The Labute approximate surface area is 173 Å². The molecule has 3 rings (SSSR count). The van der Waals surface area contributed by atoms with Crippen LogP contribution in [0.25, 0.3) is 11.4 Å². The van der Waals surface area contributed by atoms with Crippen molar-refractivity contribution in [2.75, 3.05) is 16.9 Å². The van der Waals surface area contributed by atoms with E-state index < -0.39 is 0 Å². The highest BCUT2D eigenvalue weighted by Crippen LogP contribution is 2.26. The third-order valence-electron chi connectivity index (χ3n) is 4.46. The Kier molecular flexibility index (Phi) is 5.93. The van der Waals surface area contributed by atoms with E-state index in [4.69, 9.17) is 5.84 Å². The molecule has 0 saturated carbocycles. The zero-order valence-electron chi connectivity index (χ0n) is 16.9. The minimum absolute atomic E-state index is 0.0592. The second-order valence-electron chi connectivity index (χ2n) is 7.80. The predicted molar refractivity (Wildman–Crippen MR) is 115 cm³/mol. The number of aromatic nitrogens is 3. The molecule has 152 valence electrons. The van der Waals surface area contributed by atoms with Crippen LogP contribution in [-0.4, -0.2) is 26.5 Å². The molecule has 1 aromatic heterocycles. The van der Waals surface area contributed by atoms with Gasteiger partial charge in [-0.2, -0.15) is 0 Å². The molecule has 6 nitrogen and oxygen atoms in total. The van der Waals surface area contributed by atoms with E-state index in [1.807, 2.05) is 24.3 Å². The Hall–Kier alpha value is -2.87. The number of hydrogen-bond donors (Lipinski definition) is 2. The van der Waals surface area contributed by atoms with Crippen molar-refractivity contribution in [3.05, 3.63) is 59.4 Å². The quantitative estimate of drug-likeness (QED) is 0.485. The number of anilines is 1. The first-order valence-electron chi connectivity index (χ1n) is 9.15. The van der Waals surface area contributed by atoms with E-state index in [-0.39, 0.29) is 22.9 Å². The largest absolute Gasteiger partial charge is 0.335 e. The summed E-state index contributed by atoms with van der Waals surface area (Å²) < 4.78 is 15.0. The summed E-state index contributed by atoms with van der Waals surface area (Å²) in [5.74, 6) is 6.08. The molecule has 0 bridgehead atoms. The molecule has 0 fully saturated rings. The van der Waals surface area contributed by atoms with Gasteiger partial charge in [0.25, 0.3) is 0 Å². The van der Waals surface area contributed by atoms with Gasteiger partial charge in [-0.05, 0) is 35.6 Å². The lowest BCUT2D eigenvalue weighted by Gasteiger charge is -2.19. The average molecular weight is 414 g/mol. The van der Waals surface area contributed by atoms with Gasteiger partial charge in [0.15, 0.2) is 5.82 Å². The van der Waals surface area contributed by atoms with Crippen molar-refractivity contribution in [1.29, 1.82) is 0 Å². The van der Waals surface area contributed by atoms with Crippen molar-refractivity contribution in [3.8, 4) is 11.4 Å². The van der Waals surface area contributed by atoms with Crippen LogP contribution in [0.3, 0.4) is 0 Å². The predicted octanol–water partition coefficient (Wildman–Crippen LogP) is 4.13. The number of nitrogens with one attached hydrogen (secondary N) is 1. The van der Waals surface area contributed by atoms with Crippen LogP contribution in [0.2, 0.25) is 0 Å². The third kappa shape index (κ3) is 4.95. The van der Waals surface area contributed by atoms with Crippen LogP contribution in [0.15, 0.2) is 47.6 Å². The molecule has 3 aromatic rings. The van der Waals surface area contributed by atoms with Crippen LogP contribution >= 0.6 is 11.8 Å². The third-order valence-corrected chi connectivity index (χ3v) is 5.40. The van der Waals surface area contributed by atoms with Crippen molar-refractivity contribution in [2.24, 2.45) is 0 Å². The number of nitrogens with zero attached hydrogens (tertiary/aromatic N) is 3. The van der Waals surface area contributed by atoms with Crippen molar-refractivity contribution < 1.29 is 9.18 Å². The van der Waals surface area contributed by atoms with Crippen molar-refractivity contribution >= 4 is 23.4 Å². The molecule has 0 saturated heterocycles. The SMILES string of the molecule is Cc1ccc(NC(=O)CSc2nnc(-c3ccc(C(C)(C)C)cc3)n2N)cc1F. The van der Waals surface area contributed by atoms with Gasteiger partial charge < -0.3 is 11.2 Å². The minimum Gasteiger partial charge on any atom is -0.335 e. The van der Waals surface area contributed by atoms with Gasteiger partial charge in [-0.15, -0.1) is 10.2 Å². The first-order valence-corrected chi connectivity index (χ1v) is 10.1. The van der Waals surface area contributed by atoms with E-state index in [0.29, 0.717) is 22.2 Å². The number of nitrogen functional groups attached to an aromatic ring is 1. The number of rotatable bonds is 5. The minimum atomic E-state index is -0.362. The second-order valence-corrected chi connectivity index (χ2v) is 8.75. The normalized spacial score (nSPS) is 11.5. The van der Waals surface area contributed by atoms with Gasteiger partial charge in [0.1, 0.15) is 5.82 Å². The summed E-state index contributed by atoms with van der Waals surface area (Å²) in [6, 6.07) is 12.6. The van der Waals surface area contributed by atoms with Crippen molar-refractivity contribution in [1.82, 2.24) is 14.9 Å². The maximum Gasteiger partial charge on any atom is 0.234 e. The number of carbonyl (C=O) groups excluding carboxylic acids is 1. The number of amides is 1. The maximum atomic E-state index is 13.6. The number of halogens is 1. The van der Waals surface area contributed by atoms with Crippen LogP contribution in [0.1, 0.15) is 31.9 Å². The number of nitrogens with two attached hydrogens (primary N) is 1. The highest BCUT2D eigenvalue weighted by atomic mass is 32.2. The summed E-state index contributed by atoms with van der Waals surface area (Å²) in [4.78, 5) is 12.1. The Morgan fingerprint density at radius 2 is 1.86 bits per heavy atom. The van der Waals surface area contributed by atoms with Crippen LogP contribution in [0.4, 0.5) is 10.1 Å². The van der Waals surface area contributed by atoms with E-state index in [1.54, 1.807) is 19.1 Å². The lowest BCUT2D eigenvalue weighted by atomic mass is 9.87. The van der Waals surface area contributed by atoms with Gasteiger partial charge in [-0.25, -0.2) is 9.07 Å². The molecule has 29 heavy (non-hydrogen) atoms. The molecule has 0 unspecified atom stereocenters. The highest BCUT2D eigenvalue weighted by Gasteiger charge is 2.16. The molecule has 0 atom stereocenters. The van der Waals surface area contributed by atoms with Crippen LogP contribution < -0.4 is 11.2 Å². The zero-order valence-corrected chi connectivity index (χ0v) is 17.7. The summed E-state index contributed by atoms with van der Waals surface area (Å²) in [5, 5.41) is 11.3. The average Bonchev–Trinajstić information content (AvgIpc) is 3.03. The molecule has 3 N–H and O–H groups in total. The Morgan fingerprint density at radius 1 is 1.17 bits per heavy atom. The number of benzene rings is 2. The van der Waals surface area contributed by atoms with Crippen LogP contribution in [-0.2, 0) is 10.2 Å². The smallest absolute Gasteiger partial charge is 0.234 e. The fraction of sp³-hybridized carbons (Fsp3) is 0.286. The van der Waals surface area contributed by atoms with Crippen LogP contribution in [0.5, 0.6) is 0 Å². The fourth-order valence-corrected chi connectivity index (χ4v) is 3.35. The molecule has 0 radical (unpaired) electrons. The number of hydrogen-bond acceptors (Lipinski definition) is 5.